The number of halogens is 3. The highest BCUT2D eigenvalue weighted by atomic mass is 79.9. The molecule has 0 spiro atoms. The summed E-state index contributed by atoms with van der Waals surface area (Å²) in [6.07, 6.45) is 0.638. The lowest BCUT2D eigenvalue weighted by Crippen LogP contribution is -2.23. The highest BCUT2D eigenvalue weighted by molar-refractivity contribution is 9.10. The van der Waals surface area contributed by atoms with Gasteiger partial charge in [0.05, 0.1) is 0 Å². The van der Waals surface area contributed by atoms with E-state index in [1.807, 2.05) is 30.3 Å². The van der Waals surface area contributed by atoms with Crippen LogP contribution in [0.1, 0.15) is 24.0 Å². The molecule has 0 aliphatic carbocycles. The standard InChI is InChI=1S/C17H18BrClFN/c1-2-21-11-14(12-4-3-5-16(19)10-12)8-13-9-15(18)6-7-17(13)20/h3-7,9-10,14,21H,2,8,11H2,1H3. The quantitative estimate of drug-likeness (QED) is 0.739. The van der Waals surface area contributed by atoms with E-state index in [2.05, 4.69) is 28.2 Å². The van der Waals surface area contributed by atoms with Crippen molar-refractivity contribution in [2.24, 2.45) is 0 Å². The second-order valence-electron chi connectivity index (χ2n) is 5.00. The summed E-state index contributed by atoms with van der Waals surface area (Å²) >= 11 is 9.48. The highest BCUT2D eigenvalue weighted by Crippen LogP contribution is 2.26. The van der Waals surface area contributed by atoms with E-state index < -0.39 is 0 Å². The van der Waals surface area contributed by atoms with Crippen LogP contribution < -0.4 is 5.32 Å². The third kappa shape index (κ3) is 4.80. The molecule has 1 N–H and O–H groups in total. The molecule has 2 aromatic carbocycles. The van der Waals surface area contributed by atoms with Crippen LogP contribution in [0.15, 0.2) is 46.9 Å². The zero-order chi connectivity index (χ0) is 15.2. The number of benzene rings is 2. The van der Waals surface area contributed by atoms with E-state index in [0.717, 1.165) is 23.1 Å². The Bertz CT molecular complexity index is 603. The summed E-state index contributed by atoms with van der Waals surface area (Å²) in [6.45, 7) is 3.75. The molecule has 0 saturated heterocycles. The maximum atomic E-state index is 14.0. The van der Waals surface area contributed by atoms with Gasteiger partial charge < -0.3 is 5.32 Å². The van der Waals surface area contributed by atoms with Crippen molar-refractivity contribution in [2.45, 2.75) is 19.3 Å². The monoisotopic (exact) mass is 369 g/mol. The molecule has 1 nitrogen and oxygen atoms in total. The lowest BCUT2D eigenvalue weighted by molar-refractivity contribution is 0.562. The molecule has 1 unspecified atom stereocenters. The fourth-order valence-corrected chi connectivity index (χ4v) is 2.96. The van der Waals surface area contributed by atoms with Crippen molar-refractivity contribution >= 4 is 27.5 Å². The Morgan fingerprint density at radius 2 is 2.05 bits per heavy atom. The van der Waals surface area contributed by atoms with E-state index in [4.69, 9.17) is 11.6 Å². The molecule has 0 bridgehead atoms. The van der Waals surface area contributed by atoms with Gasteiger partial charge in [-0.25, -0.2) is 4.39 Å². The van der Waals surface area contributed by atoms with Gasteiger partial charge >= 0.3 is 0 Å². The van der Waals surface area contributed by atoms with Gasteiger partial charge in [-0.05, 0) is 54.4 Å². The minimum absolute atomic E-state index is 0.165. The van der Waals surface area contributed by atoms with Gasteiger partial charge in [0.2, 0.25) is 0 Å². The molecule has 0 amide bonds. The van der Waals surface area contributed by atoms with E-state index in [1.165, 1.54) is 6.07 Å². The zero-order valence-corrected chi connectivity index (χ0v) is 14.2. The van der Waals surface area contributed by atoms with Crippen LogP contribution in [-0.4, -0.2) is 13.1 Å². The Balaban J connectivity index is 2.25. The molecule has 0 saturated carbocycles. The van der Waals surface area contributed by atoms with Gasteiger partial charge in [0.25, 0.3) is 0 Å². The summed E-state index contributed by atoms with van der Waals surface area (Å²) in [4.78, 5) is 0. The average molecular weight is 371 g/mol. The Labute approximate surface area is 138 Å². The summed E-state index contributed by atoms with van der Waals surface area (Å²) < 4.78 is 14.9. The Kier molecular flexibility index (Phi) is 6.22. The molecule has 0 aromatic heterocycles. The van der Waals surface area contributed by atoms with Crippen LogP contribution >= 0.6 is 27.5 Å². The van der Waals surface area contributed by atoms with Crippen molar-refractivity contribution in [2.75, 3.05) is 13.1 Å². The number of hydrogen-bond donors (Lipinski definition) is 1. The van der Waals surface area contributed by atoms with Gasteiger partial charge in [-0.15, -0.1) is 0 Å². The number of hydrogen-bond acceptors (Lipinski definition) is 1. The molecule has 112 valence electrons. The topological polar surface area (TPSA) is 12.0 Å². The molecule has 2 aromatic rings. The predicted octanol–water partition coefficient (Wildman–Crippen LogP) is 5.18. The lowest BCUT2D eigenvalue weighted by atomic mass is 9.91. The van der Waals surface area contributed by atoms with Crippen molar-refractivity contribution in [1.29, 1.82) is 0 Å². The summed E-state index contributed by atoms with van der Waals surface area (Å²) in [5, 5.41) is 4.06. The van der Waals surface area contributed by atoms with Crippen LogP contribution in [0, 0.1) is 5.82 Å². The van der Waals surface area contributed by atoms with E-state index in [0.29, 0.717) is 17.0 Å². The van der Waals surface area contributed by atoms with E-state index >= 15 is 0 Å². The van der Waals surface area contributed by atoms with Crippen molar-refractivity contribution in [3.05, 3.63) is 68.9 Å². The molecule has 0 aliphatic rings. The minimum Gasteiger partial charge on any atom is -0.316 e. The molecule has 1 atom stereocenters. The lowest BCUT2D eigenvalue weighted by Gasteiger charge is -2.19. The van der Waals surface area contributed by atoms with Gasteiger partial charge in [0.1, 0.15) is 5.82 Å². The van der Waals surface area contributed by atoms with Crippen molar-refractivity contribution in [1.82, 2.24) is 5.32 Å². The van der Waals surface area contributed by atoms with Crippen LogP contribution in [0.3, 0.4) is 0 Å². The van der Waals surface area contributed by atoms with Crippen LogP contribution in [0.25, 0.3) is 0 Å². The first-order valence-corrected chi connectivity index (χ1v) is 8.17. The van der Waals surface area contributed by atoms with Crippen LogP contribution in [0.5, 0.6) is 0 Å². The summed E-state index contributed by atoms with van der Waals surface area (Å²) in [5.41, 5.74) is 1.84. The molecule has 0 fully saturated rings. The number of nitrogens with one attached hydrogen (secondary N) is 1. The van der Waals surface area contributed by atoms with Crippen molar-refractivity contribution in [3.8, 4) is 0 Å². The molecule has 2 rings (SSSR count). The maximum absolute atomic E-state index is 14.0. The predicted molar refractivity (Wildman–Crippen MR) is 90.5 cm³/mol. The van der Waals surface area contributed by atoms with Gasteiger partial charge in [-0.1, -0.05) is 46.6 Å². The normalized spacial score (nSPS) is 12.4. The smallest absolute Gasteiger partial charge is 0.126 e. The molecular formula is C17H18BrClFN. The van der Waals surface area contributed by atoms with Crippen LogP contribution in [0.4, 0.5) is 4.39 Å². The van der Waals surface area contributed by atoms with E-state index in [1.54, 1.807) is 6.07 Å². The van der Waals surface area contributed by atoms with Crippen molar-refractivity contribution in [3.63, 3.8) is 0 Å². The van der Waals surface area contributed by atoms with Gasteiger partial charge in [-0.2, -0.15) is 0 Å². The van der Waals surface area contributed by atoms with E-state index in [-0.39, 0.29) is 11.7 Å². The van der Waals surface area contributed by atoms with Crippen molar-refractivity contribution < 1.29 is 4.39 Å². The summed E-state index contributed by atoms with van der Waals surface area (Å²) in [7, 11) is 0. The summed E-state index contributed by atoms with van der Waals surface area (Å²) in [5.74, 6) is 0.0224. The second kappa shape index (κ2) is 7.92. The third-order valence-electron chi connectivity index (χ3n) is 3.43. The van der Waals surface area contributed by atoms with Gasteiger partial charge in [0, 0.05) is 22.0 Å². The molecule has 21 heavy (non-hydrogen) atoms. The summed E-state index contributed by atoms with van der Waals surface area (Å²) in [6, 6.07) is 12.9. The second-order valence-corrected chi connectivity index (χ2v) is 6.35. The first kappa shape index (κ1) is 16.5. The van der Waals surface area contributed by atoms with Crippen LogP contribution in [-0.2, 0) is 6.42 Å². The first-order valence-electron chi connectivity index (χ1n) is 7.00. The first-order chi connectivity index (χ1) is 10.1. The van der Waals surface area contributed by atoms with Gasteiger partial charge in [0.15, 0.2) is 0 Å². The van der Waals surface area contributed by atoms with E-state index in [9.17, 15) is 4.39 Å². The van der Waals surface area contributed by atoms with Gasteiger partial charge in [-0.3, -0.25) is 0 Å². The Morgan fingerprint density at radius 1 is 1.24 bits per heavy atom. The van der Waals surface area contributed by atoms with Crippen LogP contribution in [0.2, 0.25) is 5.02 Å². The Hall–Kier alpha value is -0.900. The molecule has 4 heteroatoms. The Morgan fingerprint density at radius 3 is 2.76 bits per heavy atom. The fraction of sp³-hybridized carbons (Fsp3) is 0.294. The molecule has 0 aliphatic heterocycles. The number of likely N-dealkylation sites (N-methyl/N-ethyl adjacent to an activating group) is 1. The average Bonchev–Trinajstić information content (AvgIpc) is 2.47. The molecule has 0 heterocycles. The largest absolute Gasteiger partial charge is 0.316 e. The number of rotatable bonds is 6. The molecular weight excluding hydrogens is 353 g/mol. The fourth-order valence-electron chi connectivity index (χ4n) is 2.35. The zero-order valence-electron chi connectivity index (χ0n) is 11.9. The third-order valence-corrected chi connectivity index (χ3v) is 4.16. The maximum Gasteiger partial charge on any atom is 0.126 e. The minimum atomic E-state index is -0.165. The highest BCUT2D eigenvalue weighted by Gasteiger charge is 2.15. The SMILES string of the molecule is CCNCC(Cc1cc(Br)ccc1F)c1cccc(Cl)c1. The molecule has 0 radical (unpaired) electrons.